The highest BCUT2D eigenvalue weighted by atomic mass is 16.5. The maximum Gasteiger partial charge on any atom is 0.222 e. The topological polar surface area (TPSA) is 66.0 Å². The Morgan fingerprint density at radius 2 is 1.86 bits per heavy atom. The molecule has 4 rings (SSSR count). The fourth-order valence-corrected chi connectivity index (χ4v) is 4.98. The summed E-state index contributed by atoms with van der Waals surface area (Å²) in [7, 11) is 0. The van der Waals surface area contributed by atoms with E-state index in [1.165, 1.54) is 0 Å². The quantitative estimate of drug-likeness (QED) is 0.776. The van der Waals surface area contributed by atoms with Gasteiger partial charge in [0.2, 0.25) is 11.8 Å². The van der Waals surface area contributed by atoms with E-state index in [1.54, 1.807) is 6.92 Å². The molecule has 7 heteroatoms. The van der Waals surface area contributed by atoms with E-state index in [0.717, 1.165) is 77.4 Å². The molecule has 0 saturated carbocycles. The van der Waals surface area contributed by atoms with Crippen LogP contribution in [0.4, 0.5) is 5.82 Å². The Bertz CT molecular complexity index is 710. The number of ether oxygens (including phenoxy) is 1. The van der Waals surface area contributed by atoms with E-state index in [9.17, 15) is 9.59 Å². The van der Waals surface area contributed by atoms with Gasteiger partial charge in [-0.1, -0.05) is 6.07 Å². The third kappa shape index (κ3) is 4.71. The van der Waals surface area contributed by atoms with Gasteiger partial charge in [-0.3, -0.25) is 9.59 Å². The van der Waals surface area contributed by atoms with E-state index in [4.69, 9.17) is 4.74 Å². The molecule has 1 aromatic rings. The maximum atomic E-state index is 12.9. The van der Waals surface area contributed by atoms with Crippen LogP contribution in [0.3, 0.4) is 0 Å². The number of piperidine rings is 1. The van der Waals surface area contributed by atoms with Crippen LogP contribution in [0.25, 0.3) is 0 Å². The molecule has 2 amide bonds. The minimum absolute atomic E-state index is 0.132. The van der Waals surface area contributed by atoms with Crippen LogP contribution < -0.4 is 4.90 Å². The number of pyridine rings is 1. The summed E-state index contributed by atoms with van der Waals surface area (Å²) in [5.41, 5.74) is -0.132. The van der Waals surface area contributed by atoms with E-state index < -0.39 is 0 Å². The molecule has 0 bridgehead atoms. The van der Waals surface area contributed by atoms with Gasteiger partial charge in [-0.15, -0.1) is 0 Å². The van der Waals surface area contributed by atoms with Gasteiger partial charge in [0.25, 0.3) is 0 Å². The number of nitrogens with zero attached hydrogens (tertiary/aromatic N) is 4. The van der Waals surface area contributed by atoms with Crippen molar-refractivity contribution >= 4 is 17.6 Å². The number of amides is 2. The standard InChI is InChI=1S/C22H32N4O3/c1-18(27)24-9-6-22(7-10-24)17-19(5-15-29-22)16-21(28)26-13-11-25(12-14-26)20-4-2-3-8-23-20/h2-4,8,19H,5-7,9-17H2,1H3. The number of hydrogen-bond donors (Lipinski definition) is 0. The molecule has 0 aliphatic carbocycles. The van der Waals surface area contributed by atoms with Gasteiger partial charge in [0.1, 0.15) is 5.82 Å². The molecular weight excluding hydrogens is 368 g/mol. The predicted octanol–water partition coefficient (Wildman–Crippen LogP) is 1.93. The molecule has 4 heterocycles. The second-order valence-corrected chi connectivity index (χ2v) is 8.66. The van der Waals surface area contributed by atoms with E-state index in [1.807, 2.05) is 34.2 Å². The SMILES string of the molecule is CC(=O)N1CCC2(CC1)CC(CC(=O)N1CCN(c3ccccn3)CC1)CCO2. The van der Waals surface area contributed by atoms with Crippen molar-refractivity contribution in [2.24, 2.45) is 5.92 Å². The highest BCUT2D eigenvalue weighted by Gasteiger charge is 2.41. The summed E-state index contributed by atoms with van der Waals surface area (Å²) in [5, 5.41) is 0. The first kappa shape index (κ1) is 20.1. The molecule has 7 nitrogen and oxygen atoms in total. The van der Waals surface area contributed by atoms with Crippen molar-refractivity contribution in [2.75, 3.05) is 50.8 Å². The molecule has 0 radical (unpaired) electrons. The Morgan fingerprint density at radius 1 is 1.10 bits per heavy atom. The largest absolute Gasteiger partial charge is 0.375 e. The molecule has 29 heavy (non-hydrogen) atoms. The van der Waals surface area contributed by atoms with Gasteiger partial charge in [-0.2, -0.15) is 0 Å². The van der Waals surface area contributed by atoms with Crippen LogP contribution in [-0.4, -0.2) is 78.1 Å². The van der Waals surface area contributed by atoms with Crippen molar-refractivity contribution in [3.05, 3.63) is 24.4 Å². The lowest BCUT2D eigenvalue weighted by Crippen LogP contribution is -2.52. The van der Waals surface area contributed by atoms with Gasteiger partial charge >= 0.3 is 0 Å². The maximum absolute atomic E-state index is 12.9. The van der Waals surface area contributed by atoms with Crippen LogP contribution in [0.1, 0.15) is 39.0 Å². The van der Waals surface area contributed by atoms with Crippen molar-refractivity contribution in [3.8, 4) is 0 Å². The summed E-state index contributed by atoms with van der Waals surface area (Å²) in [6.45, 7) is 7.09. The van der Waals surface area contributed by atoms with Gasteiger partial charge < -0.3 is 19.4 Å². The summed E-state index contributed by atoms with van der Waals surface area (Å²) < 4.78 is 6.18. The first-order chi connectivity index (χ1) is 14.0. The minimum atomic E-state index is -0.132. The molecule has 1 spiro atoms. The monoisotopic (exact) mass is 400 g/mol. The van der Waals surface area contributed by atoms with Gasteiger partial charge in [0.05, 0.1) is 5.60 Å². The highest BCUT2D eigenvalue weighted by Crippen LogP contribution is 2.39. The zero-order valence-corrected chi connectivity index (χ0v) is 17.4. The second kappa shape index (κ2) is 8.69. The smallest absolute Gasteiger partial charge is 0.222 e. The lowest BCUT2D eigenvalue weighted by Gasteiger charge is -2.46. The van der Waals surface area contributed by atoms with Crippen LogP contribution in [-0.2, 0) is 14.3 Å². The van der Waals surface area contributed by atoms with Crippen molar-refractivity contribution in [3.63, 3.8) is 0 Å². The summed E-state index contributed by atoms with van der Waals surface area (Å²) in [6.07, 6.45) is 6.11. The average molecular weight is 401 g/mol. The molecule has 1 unspecified atom stereocenters. The van der Waals surface area contributed by atoms with Crippen LogP contribution in [0, 0.1) is 5.92 Å². The van der Waals surface area contributed by atoms with Crippen LogP contribution in [0.2, 0.25) is 0 Å². The third-order valence-corrected chi connectivity index (χ3v) is 6.78. The second-order valence-electron chi connectivity index (χ2n) is 8.66. The molecule has 1 atom stereocenters. The number of carbonyl (C=O) groups is 2. The average Bonchev–Trinajstić information content (AvgIpc) is 2.75. The number of anilines is 1. The predicted molar refractivity (Wildman–Crippen MR) is 111 cm³/mol. The first-order valence-corrected chi connectivity index (χ1v) is 10.9. The number of carbonyl (C=O) groups excluding carboxylic acids is 2. The van der Waals surface area contributed by atoms with Gasteiger partial charge in [-0.25, -0.2) is 4.98 Å². The fourth-order valence-electron chi connectivity index (χ4n) is 4.98. The van der Waals surface area contributed by atoms with Crippen LogP contribution in [0.5, 0.6) is 0 Å². The Balaban J connectivity index is 1.26. The van der Waals surface area contributed by atoms with E-state index >= 15 is 0 Å². The number of aromatic nitrogens is 1. The molecule has 158 valence electrons. The lowest BCUT2D eigenvalue weighted by atomic mass is 9.78. The summed E-state index contributed by atoms with van der Waals surface area (Å²) in [4.78, 5) is 35.1. The van der Waals surface area contributed by atoms with Crippen molar-refractivity contribution in [2.45, 2.75) is 44.6 Å². The molecule has 3 fully saturated rings. The minimum Gasteiger partial charge on any atom is -0.375 e. The molecule has 3 aliphatic rings. The van der Waals surface area contributed by atoms with Gasteiger partial charge in [0.15, 0.2) is 0 Å². The Morgan fingerprint density at radius 3 is 2.52 bits per heavy atom. The molecule has 0 aromatic carbocycles. The number of likely N-dealkylation sites (tertiary alicyclic amines) is 1. The zero-order valence-electron chi connectivity index (χ0n) is 17.4. The van der Waals surface area contributed by atoms with Crippen LogP contribution in [0.15, 0.2) is 24.4 Å². The zero-order chi connectivity index (χ0) is 20.3. The van der Waals surface area contributed by atoms with E-state index in [2.05, 4.69) is 9.88 Å². The van der Waals surface area contributed by atoms with Gasteiger partial charge in [0, 0.05) is 65.4 Å². The third-order valence-electron chi connectivity index (χ3n) is 6.78. The number of rotatable bonds is 3. The Kier molecular flexibility index (Phi) is 6.04. The van der Waals surface area contributed by atoms with E-state index in [-0.39, 0.29) is 17.4 Å². The Labute approximate surface area is 173 Å². The molecular formula is C22H32N4O3. The number of hydrogen-bond acceptors (Lipinski definition) is 5. The van der Waals surface area contributed by atoms with E-state index in [0.29, 0.717) is 12.3 Å². The molecule has 1 aromatic heterocycles. The summed E-state index contributed by atoms with van der Waals surface area (Å²) in [5.74, 6) is 1.79. The summed E-state index contributed by atoms with van der Waals surface area (Å²) in [6, 6.07) is 5.95. The van der Waals surface area contributed by atoms with Gasteiger partial charge in [-0.05, 0) is 43.7 Å². The van der Waals surface area contributed by atoms with Crippen LogP contribution >= 0.6 is 0 Å². The summed E-state index contributed by atoms with van der Waals surface area (Å²) >= 11 is 0. The molecule has 0 N–H and O–H groups in total. The Hall–Kier alpha value is -2.15. The van der Waals surface area contributed by atoms with Crippen molar-refractivity contribution < 1.29 is 14.3 Å². The van der Waals surface area contributed by atoms with Crippen molar-refractivity contribution in [1.29, 1.82) is 0 Å². The number of piperazine rings is 1. The van der Waals surface area contributed by atoms with Crippen molar-refractivity contribution in [1.82, 2.24) is 14.8 Å². The molecule has 3 aliphatic heterocycles. The first-order valence-electron chi connectivity index (χ1n) is 10.9. The molecule has 3 saturated heterocycles. The normalized spacial score (nSPS) is 24.6. The fraction of sp³-hybridized carbons (Fsp3) is 0.682. The lowest BCUT2D eigenvalue weighted by molar-refractivity contribution is -0.148. The highest BCUT2D eigenvalue weighted by molar-refractivity contribution is 5.77.